The van der Waals surface area contributed by atoms with E-state index in [-0.39, 0.29) is 11.4 Å². The predicted octanol–water partition coefficient (Wildman–Crippen LogP) is 2.84. The molecule has 16 heavy (non-hydrogen) atoms. The quantitative estimate of drug-likeness (QED) is 0.729. The van der Waals surface area contributed by atoms with Crippen molar-refractivity contribution in [1.82, 2.24) is 0 Å². The number of esters is 1. The SMILES string of the molecule is CCOC(=O)C[C@@]1(C)CCc2ccccc21. The van der Waals surface area contributed by atoms with Crippen LogP contribution in [0.2, 0.25) is 0 Å². The van der Waals surface area contributed by atoms with Crippen molar-refractivity contribution in [3.05, 3.63) is 35.4 Å². The Morgan fingerprint density at radius 1 is 1.44 bits per heavy atom. The van der Waals surface area contributed by atoms with Gasteiger partial charge >= 0.3 is 5.97 Å². The highest BCUT2D eigenvalue weighted by Gasteiger charge is 2.36. The maximum Gasteiger partial charge on any atom is 0.306 e. The van der Waals surface area contributed by atoms with Crippen LogP contribution >= 0.6 is 0 Å². The first-order chi connectivity index (χ1) is 7.65. The molecule has 0 heterocycles. The molecular weight excluding hydrogens is 200 g/mol. The number of rotatable bonds is 3. The summed E-state index contributed by atoms with van der Waals surface area (Å²) in [6.07, 6.45) is 2.62. The summed E-state index contributed by atoms with van der Waals surface area (Å²) in [5, 5.41) is 0. The van der Waals surface area contributed by atoms with Crippen LogP contribution in [-0.4, -0.2) is 12.6 Å². The van der Waals surface area contributed by atoms with Crippen LogP contribution in [0.4, 0.5) is 0 Å². The highest BCUT2D eigenvalue weighted by Crippen LogP contribution is 2.41. The van der Waals surface area contributed by atoms with Gasteiger partial charge in [0.25, 0.3) is 0 Å². The molecule has 2 rings (SSSR count). The lowest BCUT2D eigenvalue weighted by Gasteiger charge is -2.24. The first-order valence-corrected chi connectivity index (χ1v) is 5.90. The van der Waals surface area contributed by atoms with Crippen molar-refractivity contribution in [3.63, 3.8) is 0 Å². The van der Waals surface area contributed by atoms with Gasteiger partial charge in [-0.05, 0) is 30.9 Å². The van der Waals surface area contributed by atoms with Gasteiger partial charge in [-0.2, -0.15) is 0 Å². The second-order valence-electron chi connectivity index (χ2n) is 4.70. The van der Waals surface area contributed by atoms with Crippen LogP contribution in [0.5, 0.6) is 0 Å². The fraction of sp³-hybridized carbons (Fsp3) is 0.500. The zero-order valence-corrected chi connectivity index (χ0v) is 9.95. The third-order valence-electron chi connectivity index (χ3n) is 3.45. The van der Waals surface area contributed by atoms with E-state index in [9.17, 15) is 4.79 Å². The molecular formula is C14H18O2. The van der Waals surface area contributed by atoms with Crippen LogP contribution in [0.15, 0.2) is 24.3 Å². The van der Waals surface area contributed by atoms with Gasteiger partial charge in [0.2, 0.25) is 0 Å². The van der Waals surface area contributed by atoms with Crippen molar-refractivity contribution in [2.45, 2.75) is 38.5 Å². The standard InChI is InChI=1S/C14H18O2/c1-3-16-13(15)10-14(2)9-8-11-6-4-5-7-12(11)14/h4-7H,3,8-10H2,1-2H3/t14-/m1/s1. The molecule has 1 aliphatic rings. The minimum absolute atomic E-state index is 0.0250. The lowest BCUT2D eigenvalue weighted by atomic mass is 9.81. The van der Waals surface area contributed by atoms with Gasteiger partial charge in [0.1, 0.15) is 0 Å². The molecule has 0 N–H and O–H groups in total. The van der Waals surface area contributed by atoms with Gasteiger partial charge in [-0.15, -0.1) is 0 Å². The largest absolute Gasteiger partial charge is 0.466 e. The van der Waals surface area contributed by atoms with Crippen LogP contribution in [0.25, 0.3) is 0 Å². The van der Waals surface area contributed by atoms with Crippen molar-refractivity contribution >= 4 is 5.97 Å². The van der Waals surface area contributed by atoms with Crippen molar-refractivity contribution in [3.8, 4) is 0 Å². The normalized spacial score (nSPS) is 22.9. The fourth-order valence-corrected chi connectivity index (χ4v) is 2.59. The second kappa shape index (κ2) is 4.28. The summed E-state index contributed by atoms with van der Waals surface area (Å²) in [5.74, 6) is -0.0818. The molecule has 1 aromatic carbocycles. The highest BCUT2D eigenvalue weighted by atomic mass is 16.5. The molecule has 0 aliphatic heterocycles. The van der Waals surface area contributed by atoms with E-state index >= 15 is 0 Å². The van der Waals surface area contributed by atoms with Gasteiger partial charge in [0, 0.05) is 5.41 Å². The number of carbonyl (C=O) groups excluding carboxylic acids is 1. The van der Waals surface area contributed by atoms with Crippen molar-refractivity contribution in [2.75, 3.05) is 6.61 Å². The van der Waals surface area contributed by atoms with Crippen LogP contribution in [0, 0.1) is 0 Å². The maximum atomic E-state index is 11.6. The van der Waals surface area contributed by atoms with Gasteiger partial charge in [0.05, 0.1) is 13.0 Å². The Bertz CT molecular complexity index is 397. The average Bonchev–Trinajstić information content (AvgIpc) is 2.58. The molecule has 0 unspecified atom stereocenters. The van der Waals surface area contributed by atoms with Crippen LogP contribution < -0.4 is 0 Å². The van der Waals surface area contributed by atoms with Crippen molar-refractivity contribution < 1.29 is 9.53 Å². The van der Waals surface area contributed by atoms with Gasteiger partial charge in [-0.25, -0.2) is 0 Å². The van der Waals surface area contributed by atoms with Gasteiger partial charge in [-0.1, -0.05) is 31.2 Å². The van der Waals surface area contributed by atoms with E-state index in [0.717, 1.165) is 12.8 Å². The van der Waals surface area contributed by atoms with E-state index in [1.807, 2.05) is 13.0 Å². The number of hydrogen-bond donors (Lipinski definition) is 0. The molecule has 0 amide bonds. The van der Waals surface area contributed by atoms with Crippen molar-refractivity contribution in [1.29, 1.82) is 0 Å². The Balaban J connectivity index is 2.18. The number of aryl methyl sites for hydroxylation is 1. The molecule has 0 spiro atoms. The number of ether oxygens (including phenoxy) is 1. The molecule has 86 valence electrons. The third kappa shape index (κ3) is 1.97. The highest BCUT2D eigenvalue weighted by molar-refractivity contribution is 5.72. The predicted molar refractivity (Wildman–Crippen MR) is 63.4 cm³/mol. The summed E-state index contributed by atoms with van der Waals surface area (Å²) >= 11 is 0. The van der Waals surface area contributed by atoms with E-state index < -0.39 is 0 Å². The summed E-state index contributed by atoms with van der Waals surface area (Å²) in [7, 11) is 0. The number of fused-ring (bicyclic) bond motifs is 1. The minimum Gasteiger partial charge on any atom is -0.466 e. The molecule has 2 heteroatoms. The first kappa shape index (κ1) is 11.2. The summed E-state index contributed by atoms with van der Waals surface area (Å²) in [6.45, 7) is 4.48. The van der Waals surface area contributed by atoms with Crippen LogP contribution in [0.1, 0.15) is 37.8 Å². The van der Waals surface area contributed by atoms with E-state index in [2.05, 4.69) is 25.1 Å². The number of hydrogen-bond acceptors (Lipinski definition) is 2. The molecule has 2 nitrogen and oxygen atoms in total. The lowest BCUT2D eigenvalue weighted by molar-refractivity contribution is -0.144. The van der Waals surface area contributed by atoms with E-state index in [4.69, 9.17) is 4.74 Å². The fourth-order valence-electron chi connectivity index (χ4n) is 2.59. The Labute approximate surface area is 96.6 Å². The van der Waals surface area contributed by atoms with Gasteiger partial charge in [0.15, 0.2) is 0 Å². The summed E-state index contributed by atoms with van der Waals surface area (Å²) in [5.41, 5.74) is 2.68. The van der Waals surface area contributed by atoms with E-state index in [1.54, 1.807) is 0 Å². The zero-order chi connectivity index (χ0) is 11.6. The molecule has 0 saturated heterocycles. The second-order valence-corrected chi connectivity index (χ2v) is 4.70. The van der Waals surface area contributed by atoms with Gasteiger partial charge < -0.3 is 4.74 Å². The lowest BCUT2D eigenvalue weighted by Crippen LogP contribution is -2.24. The first-order valence-electron chi connectivity index (χ1n) is 5.90. The topological polar surface area (TPSA) is 26.3 Å². The number of benzene rings is 1. The Morgan fingerprint density at radius 3 is 2.94 bits per heavy atom. The molecule has 0 bridgehead atoms. The van der Waals surface area contributed by atoms with Crippen LogP contribution in [0.3, 0.4) is 0 Å². The van der Waals surface area contributed by atoms with E-state index in [1.165, 1.54) is 11.1 Å². The third-order valence-corrected chi connectivity index (χ3v) is 3.45. The molecule has 0 fully saturated rings. The molecule has 0 aromatic heterocycles. The maximum absolute atomic E-state index is 11.6. The molecule has 0 radical (unpaired) electrons. The Hall–Kier alpha value is -1.31. The monoisotopic (exact) mass is 218 g/mol. The van der Waals surface area contributed by atoms with Gasteiger partial charge in [-0.3, -0.25) is 4.79 Å². The summed E-state index contributed by atoms with van der Waals surface area (Å²) in [4.78, 5) is 11.6. The summed E-state index contributed by atoms with van der Waals surface area (Å²) in [6, 6.07) is 8.41. The molecule has 1 atom stereocenters. The molecule has 1 aromatic rings. The molecule has 1 aliphatic carbocycles. The Morgan fingerprint density at radius 2 is 2.19 bits per heavy atom. The number of carbonyl (C=O) groups is 1. The summed E-state index contributed by atoms with van der Waals surface area (Å²) < 4.78 is 5.05. The van der Waals surface area contributed by atoms with E-state index in [0.29, 0.717) is 13.0 Å². The zero-order valence-electron chi connectivity index (χ0n) is 9.95. The van der Waals surface area contributed by atoms with Crippen molar-refractivity contribution in [2.24, 2.45) is 0 Å². The van der Waals surface area contributed by atoms with Crippen LogP contribution in [-0.2, 0) is 21.4 Å². The Kier molecular flexibility index (Phi) is 2.99. The minimum atomic E-state index is -0.0818. The average molecular weight is 218 g/mol. The smallest absolute Gasteiger partial charge is 0.306 e. The molecule has 0 saturated carbocycles.